The molecule has 0 atom stereocenters. The molecule has 0 unspecified atom stereocenters. The standard InChI is InChI=1S/C12H10F11NO/c13-8(14,6-4-7(24-5-6)2-1-3-25)9(15,16)10(17,18)11(19,20)12(21,22)23/h4-5,24-25H,1-3H2. The molecule has 2 nitrogen and oxygen atoms in total. The fourth-order valence-electron chi connectivity index (χ4n) is 1.79. The molecule has 2 N–H and O–H groups in total. The van der Waals surface area contributed by atoms with Gasteiger partial charge in [-0.2, -0.15) is 48.3 Å². The van der Waals surface area contributed by atoms with Crippen LogP contribution in [-0.4, -0.2) is 40.6 Å². The van der Waals surface area contributed by atoms with Crippen LogP contribution in [0.2, 0.25) is 0 Å². The van der Waals surface area contributed by atoms with Crippen LogP contribution in [0.3, 0.4) is 0 Å². The molecule has 0 amide bonds. The maximum absolute atomic E-state index is 13.7. The van der Waals surface area contributed by atoms with Crippen molar-refractivity contribution in [2.24, 2.45) is 0 Å². The first-order chi connectivity index (χ1) is 11.0. The first-order valence-corrected chi connectivity index (χ1v) is 6.40. The summed E-state index contributed by atoms with van der Waals surface area (Å²) in [5.41, 5.74) is -2.14. The Morgan fingerprint density at radius 2 is 1.32 bits per heavy atom. The topological polar surface area (TPSA) is 36.0 Å². The van der Waals surface area contributed by atoms with Crippen LogP contribution in [0.1, 0.15) is 17.7 Å². The summed E-state index contributed by atoms with van der Waals surface area (Å²) in [5, 5.41) is 8.52. The van der Waals surface area contributed by atoms with E-state index in [0.29, 0.717) is 0 Å². The largest absolute Gasteiger partial charge is 0.460 e. The highest BCUT2D eigenvalue weighted by molar-refractivity contribution is 5.26. The van der Waals surface area contributed by atoms with Crippen molar-refractivity contribution in [2.45, 2.75) is 42.7 Å². The van der Waals surface area contributed by atoms with Crippen molar-refractivity contribution >= 4 is 0 Å². The lowest BCUT2D eigenvalue weighted by Gasteiger charge is -2.37. The van der Waals surface area contributed by atoms with E-state index in [-0.39, 0.29) is 30.8 Å². The molecule has 13 heteroatoms. The average molecular weight is 393 g/mol. The minimum Gasteiger partial charge on any atom is -0.396 e. The summed E-state index contributed by atoms with van der Waals surface area (Å²) in [4.78, 5) is 1.96. The van der Waals surface area contributed by atoms with Gasteiger partial charge in [0.15, 0.2) is 0 Å². The lowest BCUT2D eigenvalue weighted by Crippen LogP contribution is -2.65. The molecule has 25 heavy (non-hydrogen) atoms. The number of aliphatic hydroxyl groups excluding tert-OH is 1. The summed E-state index contributed by atoms with van der Waals surface area (Å²) >= 11 is 0. The van der Waals surface area contributed by atoms with E-state index in [1.54, 1.807) is 0 Å². The number of nitrogens with one attached hydrogen (secondary N) is 1. The van der Waals surface area contributed by atoms with Gasteiger partial charge in [-0.3, -0.25) is 0 Å². The molecule has 1 aromatic rings. The zero-order valence-electron chi connectivity index (χ0n) is 11.9. The van der Waals surface area contributed by atoms with Crippen LogP contribution in [0.15, 0.2) is 12.3 Å². The van der Waals surface area contributed by atoms with Gasteiger partial charge in [0.05, 0.1) is 0 Å². The second-order valence-electron chi connectivity index (χ2n) is 5.04. The zero-order chi connectivity index (χ0) is 19.9. The van der Waals surface area contributed by atoms with E-state index in [1.165, 1.54) is 0 Å². The lowest BCUT2D eigenvalue weighted by atomic mass is 9.94. The summed E-state index contributed by atoms with van der Waals surface area (Å²) in [6.45, 7) is -0.434. The third kappa shape index (κ3) is 3.29. The second-order valence-corrected chi connectivity index (χ2v) is 5.04. The van der Waals surface area contributed by atoms with Crippen LogP contribution in [0.25, 0.3) is 0 Å². The molecule has 0 fully saturated rings. The van der Waals surface area contributed by atoms with Gasteiger partial charge >= 0.3 is 29.9 Å². The monoisotopic (exact) mass is 393 g/mol. The first-order valence-electron chi connectivity index (χ1n) is 6.40. The summed E-state index contributed by atoms with van der Waals surface area (Å²) in [6, 6.07) is 0.214. The Balaban J connectivity index is 3.31. The Hall–Kier alpha value is -1.53. The molecule has 146 valence electrons. The molecule has 1 rings (SSSR count). The molecule has 0 aliphatic rings. The van der Waals surface area contributed by atoms with E-state index in [0.717, 1.165) is 0 Å². The Morgan fingerprint density at radius 3 is 1.76 bits per heavy atom. The maximum atomic E-state index is 13.7. The van der Waals surface area contributed by atoms with Gasteiger partial charge in [0, 0.05) is 24.1 Å². The minimum absolute atomic E-state index is 0.0375. The normalized spacial score (nSPS) is 14.9. The van der Waals surface area contributed by atoms with E-state index in [4.69, 9.17) is 5.11 Å². The number of hydrogen-bond acceptors (Lipinski definition) is 1. The fourth-order valence-corrected chi connectivity index (χ4v) is 1.79. The molecule has 0 radical (unpaired) electrons. The number of alkyl halides is 11. The number of halogens is 11. The molecule has 0 aromatic carbocycles. The van der Waals surface area contributed by atoms with Crippen LogP contribution in [-0.2, 0) is 12.3 Å². The highest BCUT2D eigenvalue weighted by Gasteiger charge is 2.87. The number of hydrogen-bond donors (Lipinski definition) is 2. The smallest absolute Gasteiger partial charge is 0.396 e. The summed E-state index contributed by atoms with van der Waals surface area (Å²) in [5.74, 6) is -27.9. The summed E-state index contributed by atoms with van der Waals surface area (Å²) in [7, 11) is 0. The third-order valence-electron chi connectivity index (χ3n) is 3.25. The molecule has 0 saturated heterocycles. The van der Waals surface area contributed by atoms with Crippen LogP contribution in [0.4, 0.5) is 48.3 Å². The van der Waals surface area contributed by atoms with Gasteiger partial charge in [-0.15, -0.1) is 0 Å². The average Bonchev–Trinajstić information content (AvgIpc) is 2.92. The highest BCUT2D eigenvalue weighted by atomic mass is 19.4. The van der Waals surface area contributed by atoms with Gasteiger partial charge in [0.2, 0.25) is 0 Å². The molecule has 0 saturated carbocycles. The van der Waals surface area contributed by atoms with Gasteiger partial charge in [-0.05, 0) is 18.9 Å². The van der Waals surface area contributed by atoms with Crippen molar-refractivity contribution in [3.63, 3.8) is 0 Å². The molecule has 1 heterocycles. The van der Waals surface area contributed by atoms with Gasteiger partial charge in [-0.1, -0.05) is 0 Å². The predicted molar refractivity (Wildman–Crippen MR) is 61.0 cm³/mol. The second kappa shape index (κ2) is 6.32. The van der Waals surface area contributed by atoms with Crippen molar-refractivity contribution in [3.8, 4) is 0 Å². The van der Waals surface area contributed by atoms with E-state index in [2.05, 4.69) is 0 Å². The van der Waals surface area contributed by atoms with Crippen molar-refractivity contribution < 1.29 is 53.4 Å². The number of aromatic nitrogens is 1. The van der Waals surface area contributed by atoms with Crippen molar-refractivity contribution in [3.05, 3.63) is 23.5 Å². The Kier molecular flexibility index (Phi) is 5.44. The van der Waals surface area contributed by atoms with Crippen molar-refractivity contribution in [1.29, 1.82) is 0 Å². The summed E-state index contributed by atoms with van der Waals surface area (Å²) < 4.78 is 142. The molecule has 0 aliphatic heterocycles. The Bertz CT molecular complexity index is 590. The first kappa shape index (κ1) is 21.5. The SMILES string of the molecule is OCCCc1cc(C(F)(F)C(F)(F)C(F)(F)C(F)(F)C(F)(F)F)c[nH]1. The van der Waals surface area contributed by atoms with Crippen LogP contribution >= 0.6 is 0 Å². The fraction of sp³-hybridized carbons (Fsp3) is 0.667. The zero-order valence-corrected chi connectivity index (χ0v) is 11.9. The van der Waals surface area contributed by atoms with Crippen molar-refractivity contribution in [2.75, 3.05) is 6.61 Å². The van der Waals surface area contributed by atoms with Crippen LogP contribution < -0.4 is 0 Å². The maximum Gasteiger partial charge on any atom is 0.460 e. The third-order valence-corrected chi connectivity index (χ3v) is 3.25. The molecular weight excluding hydrogens is 383 g/mol. The van der Waals surface area contributed by atoms with E-state index in [9.17, 15) is 48.3 Å². The number of H-pyrrole nitrogens is 1. The van der Waals surface area contributed by atoms with E-state index >= 15 is 0 Å². The van der Waals surface area contributed by atoms with Gasteiger partial charge < -0.3 is 10.1 Å². The molecule has 1 aromatic heterocycles. The Morgan fingerprint density at radius 1 is 0.800 bits per heavy atom. The summed E-state index contributed by atoms with van der Waals surface area (Å²) in [6.07, 6.45) is -7.32. The van der Waals surface area contributed by atoms with Gasteiger partial charge in [0.25, 0.3) is 0 Å². The lowest BCUT2D eigenvalue weighted by molar-refractivity contribution is -0.424. The quantitative estimate of drug-likeness (QED) is 0.658. The Labute approximate surface area is 132 Å². The van der Waals surface area contributed by atoms with E-state index in [1.807, 2.05) is 4.98 Å². The molecular formula is C12H10F11NO. The molecule has 0 bridgehead atoms. The number of aliphatic hydroxyl groups is 1. The van der Waals surface area contributed by atoms with E-state index < -0.39 is 42.0 Å². The number of aromatic amines is 1. The van der Waals surface area contributed by atoms with Crippen LogP contribution in [0, 0.1) is 0 Å². The van der Waals surface area contributed by atoms with Gasteiger partial charge in [0.1, 0.15) is 0 Å². The molecule has 0 spiro atoms. The number of rotatable bonds is 7. The highest BCUT2D eigenvalue weighted by Crippen LogP contribution is 2.59. The van der Waals surface area contributed by atoms with Crippen molar-refractivity contribution in [1.82, 2.24) is 4.98 Å². The predicted octanol–water partition coefficient (Wildman–Crippen LogP) is 4.50. The molecule has 0 aliphatic carbocycles. The van der Waals surface area contributed by atoms with Gasteiger partial charge in [-0.25, -0.2) is 0 Å². The minimum atomic E-state index is -7.43. The van der Waals surface area contributed by atoms with Crippen LogP contribution in [0.5, 0.6) is 0 Å². The number of aryl methyl sites for hydroxylation is 1.